The molecule has 1 aliphatic heterocycles. The van der Waals surface area contributed by atoms with Gasteiger partial charge < -0.3 is 14.0 Å². The fourth-order valence-electron chi connectivity index (χ4n) is 3.86. The molecule has 0 radical (unpaired) electrons. The van der Waals surface area contributed by atoms with Crippen LogP contribution < -0.4 is 4.74 Å². The predicted molar refractivity (Wildman–Crippen MR) is 114 cm³/mol. The third-order valence-electron chi connectivity index (χ3n) is 5.55. The summed E-state index contributed by atoms with van der Waals surface area (Å²) in [6, 6.07) is 11.2. The highest BCUT2D eigenvalue weighted by Crippen LogP contribution is 2.22. The fourth-order valence-corrected chi connectivity index (χ4v) is 3.86. The van der Waals surface area contributed by atoms with Gasteiger partial charge in [-0.15, -0.1) is 0 Å². The second-order valence-corrected chi connectivity index (χ2v) is 7.61. The Morgan fingerprint density at radius 3 is 2.60 bits per heavy atom. The quantitative estimate of drug-likeness (QED) is 0.588. The van der Waals surface area contributed by atoms with E-state index in [0.29, 0.717) is 24.4 Å². The Morgan fingerprint density at radius 2 is 1.90 bits per heavy atom. The Labute approximate surface area is 175 Å². The van der Waals surface area contributed by atoms with Crippen LogP contribution in [0.5, 0.6) is 5.75 Å². The molecule has 1 fully saturated rings. The molecule has 0 bridgehead atoms. The number of pyridine rings is 1. The first-order valence-corrected chi connectivity index (χ1v) is 10.1. The summed E-state index contributed by atoms with van der Waals surface area (Å²) in [5.41, 5.74) is 3.33. The Balaban J connectivity index is 1.35. The van der Waals surface area contributed by atoms with Crippen LogP contribution in [0.15, 0.2) is 48.8 Å². The molecule has 0 spiro atoms. The summed E-state index contributed by atoms with van der Waals surface area (Å²) in [4.78, 5) is 33.4. The maximum Gasteiger partial charge on any atom is 0.227 e. The van der Waals surface area contributed by atoms with E-state index in [-0.39, 0.29) is 18.1 Å². The Bertz CT molecular complexity index is 1030. The minimum atomic E-state index is -0.0214. The molecule has 0 saturated carbocycles. The third-order valence-corrected chi connectivity index (χ3v) is 5.55. The largest absolute Gasteiger partial charge is 0.496 e. The number of ketones is 1. The molecule has 0 N–H and O–H groups in total. The standard InChI is InChI=1S/C23H26N4O3/c1-17(28)18-6-7-21(30-2)19(13-18)14-23(29)26-11-9-25(10-12-26)15-20-16-27-8-4-3-5-22(27)24-20/h3-8,13,16H,9-12,14-15H2,1-2H3. The molecule has 7 nitrogen and oxygen atoms in total. The molecule has 0 aliphatic carbocycles. The van der Waals surface area contributed by atoms with E-state index >= 15 is 0 Å². The van der Waals surface area contributed by atoms with Crippen LogP contribution in [-0.4, -0.2) is 64.2 Å². The number of methoxy groups -OCH3 is 1. The van der Waals surface area contributed by atoms with Crippen molar-refractivity contribution in [3.8, 4) is 5.75 Å². The van der Waals surface area contributed by atoms with E-state index in [4.69, 9.17) is 4.74 Å². The molecule has 0 unspecified atom stereocenters. The monoisotopic (exact) mass is 406 g/mol. The van der Waals surface area contributed by atoms with Gasteiger partial charge in [-0.2, -0.15) is 0 Å². The number of benzene rings is 1. The van der Waals surface area contributed by atoms with Crippen molar-refractivity contribution >= 4 is 17.3 Å². The number of amides is 1. The van der Waals surface area contributed by atoms with E-state index in [0.717, 1.165) is 36.5 Å². The Kier molecular flexibility index (Phi) is 5.81. The summed E-state index contributed by atoms with van der Waals surface area (Å²) in [5, 5.41) is 0. The molecule has 3 heterocycles. The maximum absolute atomic E-state index is 12.9. The lowest BCUT2D eigenvalue weighted by atomic mass is 10.0. The summed E-state index contributed by atoms with van der Waals surface area (Å²) in [5.74, 6) is 0.673. The highest BCUT2D eigenvalue weighted by atomic mass is 16.5. The van der Waals surface area contributed by atoms with Gasteiger partial charge in [0.2, 0.25) is 5.91 Å². The number of aromatic nitrogens is 2. The van der Waals surface area contributed by atoms with E-state index in [9.17, 15) is 9.59 Å². The molecule has 3 aromatic rings. The number of imidazole rings is 1. The number of ether oxygens (including phenoxy) is 1. The maximum atomic E-state index is 12.9. The van der Waals surface area contributed by atoms with Gasteiger partial charge in [0.15, 0.2) is 5.78 Å². The van der Waals surface area contributed by atoms with Gasteiger partial charge >= 0.3 is 0 Å². The second-order valence-electron chi connectivity index (χ2n) is 7.61. The molecular weight excluding hydrogens is 380 g/mol. The van der Waals surface area contributed by atoms with Gasteiger partial charge in [0, 0.05) is 56.2 Å². The number of carbonyl (C=O) groups is 2. The topological polar surface area (TPSA) is 67.2 Å². The second kappa shape index (κ2) is 8.67. The zero-order valence-corrected chi connectivity index (χ0v) is 17.4. The van der Waals surface area contributed by atoms with E-state index in [1.165, 1.54) is 6.92 Å². The lowest BCUT2D eigenvalue weighted by Crippen LogP contribution is -2.48. The number of Topliss-reactive ketones (excluding diaryl/α,β-unsaturated/α-hetero) is 1. The minimum absolute atomic E-state index is 0.0214. The summed E-state index contributed by atoms with van der Waals surface area (Å²) in [6.45, 7) is 5.28. The average molecular weight is 406 g/mol. The summed E-state index contributed by atoms with van der Waals surface area (Å²) in [7, 11) is 1.58. The fraction of sp³-hybridized carbons (Fsp3) is 0.348. The van der Waals surface area contributed by atoms with Crippen molar-refractivity contribution in [1.82, 2.24) is 19.2 Å². The number of nitrogens with zero attached hydrogens (tertiary/aromatic N) is 4. The summed E-state index contributed by atoms with van der Waals surface area (Å²) < 4.78 is 7.40. The average Bonchev–Trinajstić information content (AvgIpc) is 3.16. The smallest absolute Gasteiger partial charge is 0.227 e. The summed E-state index contributed by atoms with van der Waals surface area (Å²) in [6.07, 6.45) is 4.29. The van der Waals surface area contributed by atoms with Gasteiger partial charge in [0.25, 0.3) is 0 Å². The Morgan fingerprint density at radius 1 is 1.10 bits per heavy atom. The number of fused-ring (bicyclic) bond motifs is 1. The molecule has 1 saturated heterocycles. The Hall–Kier alpha value is -3.19. The molecule has 30 heavy (non-hydrogen) atoms. The molecule has 1 aromatic carbocycles. The molecule has 7 heteroatoms. The van der Waals surface area contributed by atoms with Crippen LogP contribution in [0.25, 0.3) is 5.65 Å². The first-order valence-electron chi connectivity index (χ1n) is 10.1. The van der Waals surface area contributed by atoms with E-state index < -0.39 is 0 Å². The van der Waals surface area contributed by atoms with Crippen LogP contribution in [-0.2, 0) is 17.8 Å². The predicted octanol–water partition coefficient (Wildman–Crippen LogP) is 2.43. The van der Waals surface area contributed by atoms with E-state index in [1.54, 1.807) is 25.3 Å². The molecular formula is C23H26N4O3. The lowest BCUT2D eigenvalue weighted by Gasteiger charge is -2.34. The number of piperazine rings is 1. The third kappa shape index (κ3) is 4.36. The minimum Gasteiger partial charge on any atom is -0.496 e. The van der Waals surface area contributed by atoms with E-state index in [2.05, 4.69) is 16.1 Å². The van der Waals surface area contributed by atoms with Gasteiger partial charge in [-0.25, -0.2) is 4.98 Å². The van der Waals surface area contributed by atoms with Crippen LogP contribution in [0.3, 0.4) is 0 Å². The van der Waals surface area contributed by atoms with Crippen LogP contribution in [0, 0.1) is 0 Å². The summed E-state index contributed by atoms with van der Waals surface area (Å²) >= 11 is 0. The first-order chi connectivity index (χ1) is 14.5. The number of carbonyl (C=O) groups excluding carboxylic acids is 2. The number of rotatable bonds is 6. The van der Waals surface area contributed by atoms with Gasteiger partial charge in [0.05, 0.1) is 19.2 Å². The highest BCUT2D eigenvalue weighted by Gasteiger charge is 2.23. The molecule has 4 rings (SSSR count). The molecule has 1 amide bonds. The molecule has 1 aliphatic rings. The van der Waals surface area contributed by atoms with Crippen LogP contribution in [0.2, 0.25) is 0 Å². The zero-order chi connectivity index (χ0) is 21.1. The van der Waals surface area contributed by atoms with Crippen molar-refractivity contribution in [3.63, 3.8) is 0 Å². The van der Waals surface area contributed by atoms with Gasteiger partial charge in [0.1, 0.15) is 11.4 Å². The normalized spacial score (nSPS) is 14.8. The first kappa shape index (κ1) is 20.1. The van der Waals surface area contributed by atoms with Gasteiger partial charge in [-0.3, -0.25) is 14.5 Å². The van der Waals surface area contributed by atoms with Crippen molar-refractivity contribution in [2.45, 2.75) is 19.9 Å². The van der Waals surface area contributed by atoms with Crippen molar-refractivity contribution < 1.29 is 14.3 Å². The van der Waals surface area contributed by atoms with Crippen molar-refractivity contribution in [2.24, 2.45) is 0 Å². The number of hydrogen-bond donors (Lipinski definition) is 0. The van der Waals surface area contributed by atoms with E-state index in [1.807, 2.05) is 33.7 Å². The van der Waals surface area contributed by atoms with Crippen molar-refractivity contribution in [2.75, 3.05) is 33.3 Å². The molecule has 0 atom stereocenters. The van der Waals surface area contributed by atoms with Crippen molar-refractivity contribution in [1.29, 1.82) is 0 Å². The van der Waals surface area contributed by atoms with Gasteiger partial charge in [-0.1, -0.05) is 6.07 Å². The molecule has 156 valence electrons. The lowest BCUT2D eigenvalue weighted by molar-refractivity contribution is -0.132. The molecule has 2 aromatic heterocycles. The van der Waals surface area contributed by atoms with Crippen LogP contribution in [0.1, 0.15) is 28.5 Å². The van der Waals surface area contributed by atoms with Crippen LogP contribution >= 0.6 is 0 Å². The number of hydrogen-bond acceptors (Lipinski definition) is 5. The zero-order valence-electron chi connectivity index (χ0n) is 17.4. The highest BCUT2D eigenvalue weighted by molar-refractivity contribution is 5.94. The van der Waals surface area contributed by atoms with Gasteiger partial charge in [-0.05, 0) is 37.3 Å². The van der Waals surface area contributed by atoms with Crippen LogP contribution in [0.4, 0.5) is 0 Å². The van der Waals surface area contributed by atoms with Crippen molar-refractivity contribution in [3.05, 3.63) is 65.6 Å². The SMILES string of the molecule is COc1ccc(C(C)=O)cc1CC(=O)N1CCN(Cc2cn3ccccc3n2)CC1.